The Morgan fingerprint density at radius 1 is 1.55 bits per heavy atom. The fourth-order valence-corrected chi connectivity index (χ4v) is 1.86. The van der Waals surface area contributed by atoms with Crippen LogP contribution in [0.4, 0.5) is 0 Å². The average Bonchev–Trinajstić information content (AvgIpc) is 1.86. The van der Waals surface area contributed by atoms with Gasteiger partial charge >= 0.3 is 0 Å². The van der Waals surface area contributed by atoms with Gasteiger partial charge in [0.15, 0.2) is 5.22 Å². The normalized spacial score (nSPS) is 12.3. The topological polar surface area (TPSA) is 9.23 Å². The lowest BCUT2D eigenvalue weighted by Gasteiger charge is -2.02. The zero-order chi connectivity index (χ0) is 8.69. The average molecular weight is 235 g/mol. The largest absolute Gasteiger partial charge is 0.483 e. The first-order chi connectivity index (χ1) is 5.16. The van der Waals surface area contributed by atoms with Crippen LogP contribution in [-0.2, 0) is 4.74 Å². The smallest absolute Gasteiger partial charge is 0.189 e. The predicted octanol–water partition coefficient (Wildman–Crippen LogP) is 4.63. The van der Waals surface area contributed by atoms with Crippen LogP contribution >= 0.6 is 40.7 Å². The van der Waals surface area contributed by atoms with Crippen molar-refractivity contribution in [2.75, 3.05) is 6.61 Å². The van der Waals surface area contributed by atoms with Gasteiger partial charge in [-0.15, -0.1) is 0 Å². The van der Waals surface area contributed by atoms with Gasteiger partial charge in [0.2, 0.25) is 0 Å². The number of halogens is 3. The van der Waals surface area contributed by atoms with Crippen LogP contribution in [0.1, 0.15) is 19.8 Å². The Morgan fingerprint density at radius 2 is 2.18 bits per heavy atom. The molecule has 0 spiro atoms. The molecular formula is C6H10Cl3OP. The minimum Gasteiger partial charge on any atom is -0.483 e. The van der Waals surface area contributed by atoms with Crippen molar-refractivity contribution in [2.24, 2.45) is 0 Å². The lowest BCUT2D eigenvalue weighted by atomic mass is 10.4. The Bertz CT molecular complexity index is 127. The fourth-order valence-electron chi connectivity index (χ4n) is 0.428. The highest BCUT2D eigenvalue weighted by Crippen LogP contribution is 2.49. The number of hydrogen-bond donors (Lipinski definition) is 0. The highest BCUT2D eigenvalue weighted by molar-refractivity contribution is 8.06. The predicted molar refractivity (Wildman–Crippen MR) is 53.4 cm³/mol. The monoisotopic (exact) mass is 234 g/mol. The van der Waals surface area contributed by atoms with Crippen molar-refractivity contribution in [1.82, 2.24) is 0 Å². The summed E-state index contributed by atoms with van der Waals surface area (Å²) in [5.74, 6) is 1.51. The van der Waals surface area contributed by atoms with E-state index in [0.29, 0.717) is 11.8 Å². The third-order valence-electron chi connectivity index (χ3n) is 0.937. The molecule has 0 N–H and O–H groups in total. The summed E-state index contributed by atoms with van der Waals surface area (Å²) in [5.41, 5.74) is 0. The molecule has 0 aromatic carbocycles. The molecule has 5 heteroatoms. The summed E-state index contributed by atoms with van der Waals surface area (Å²) in [6, 6.07) is 0. The molecule has 0 aliphatic rings. The Labute approximate surface area is 83.0 Å². The van der Waals surface area contributed by atoms with E-state index in [0.717, 1.165) is 12.8 Å². The standard InChI is InChI=1S/C6H10Cl3OP/c1-2-3-4-10-6(7)5-11(8)9/h5H,2-4H2,1H3/b6-5-. The molecule has 1 nitrogen and oxygen atoms in total. The summed E-state index contributed by atoms with van der Waals surface area (Å²) in [6.45, 7) is 1.57. The molecule has 0 aliphatic heterocycles. The summed E-state index contributed by atoms with van der Waals surface area (Å²) >= 11 is 16.5. The second-order valence-electron chi connectivity index (χ2n) is 1.89. The van der Waals surface area contributed by atoms with E-state index in [1.165, 1.54) is 5.82 Å². The molecule has 11 heavy (non-hydrogen) atoms. The van der Waals surface area contributed by atoms with E-state index in [4.69, 9.17) is 38.8 Å². The molecule has 0 fully saturated rings. The van der Waals surface area contributed by atoms with Crippen LogP contribution in [0.3, 0.4) is 0 Å². The van der Waals surface area contributed by atoms with Crippen LogP contribution in [0.5, 0.6) is 0 Å². The van der Waals surface area contributed by atoms with Crippen molar-refractivity contribution in [3.63, 3.8) is 0 Å². The van der Waals surface area contributed by atoms with Crippen molar-refractivity contribution < 1.29 is 4.74 Å². The van der Waals surface area contributed by atoms with E-state index in [2.05, 4.69) is 6.92 Å². The number of hydrogen-bond acceptors (Lipinski definition) is 1. The summed E-state index contributed by atoms with van der Waals surface area (Å²) in [5, 5.41) is 0.301. The maximum atomic E-state index is 5.60. The van der Waals surface area contributed by atoms with Gasteiger partial charge in [-0.2, -0.15) is 0 Å². The Morgan fingerprint density at radius 3 is 2.64 bits per heavy atom. The molecule has 0 unspecified atom stereocenters. The van der Waals surface area contributed by atoms with Gasteiger partial charge in [0.05, 0.1) is 6.61 Å². The molecule has 0 heterocycles. The molecule has 0 atom stereocenters. The molecule has 0 rings (SSSR count). The van der Waals surface area contributed by atoms with Crippen molar-refractivity contribution in [1.29, 1.82) is 0 Å². The fraction of sp³-hybridized carbons (Fsp3) is 0.667. The van der Waals surface area contributed by atoms with Crippen LogP contribution in [0.15, 0.2) is 11.0 Å². The van der Waals surface area contributed by atoms with Crippen LogP contribution in [0, 0.1) is 0 Å². The molecule has 0 saturated carbocycles. The Kier molecular flexibility index (Phi) is 8.06. The summed E-state index contributed by atoms with van der Waals surface area (Å²) in [4.78, 5) is 0. The Hall–Kier alpha value is 0.840. The number of ether oxygens (including phenoxy) is 1. The molecular weight excluding hydrogens is 225 g/mol. The van der Waals surface area contributed by atoms with E-state index in [9.17, 15) is 0 Å². The van der Waals surface area contributed by atoms with Gasteiger partial charge in [-0.1, -0.05) is 35.8 Å². The Balaban J connectivity index is 3.43. The number of unbranched alkanes of at least 4 members (excludes halogenated alkanes) is 1. The van der Waals surface area contributed by atoms with Crippen molar-refractivity contribution in [3.05, 3.63) is 11.0 Å². The van der Waals surface area contributed by atoms with Gasteiger partial charge in [0, 0.05) is 5.82 Å². The van der Waals surface area contributed by atoms with E-state index in [-0.39, 0.29) is 0 Å². The van der Waals surface area contributed by atoms with Crippen LogP contribution in [0.2, 0.25) is 0 Å². The minimum atomic E-state index is -1.14. The molecule has 0 saturated heterocycles. The third-order valence-corrected chi connectivity index (χ3v) is 2.32. The first kappa shape index (κ1) is 11.8. The van der Waals surface area contributed by atoms with Crippen molar-refractivity contribution in [2.45, 2.75) is 19.8 Å². The first-order valence-electron chi connectivity index (χ1n) is 3.27. The van der Waals surface area contributed by atoms with E-state index >= 15 is 0 Å². The molecule has 66 valence electrons. The van der Waals surface area contributed by atoms with E-state index in [1.807, 2.05) is 0 Å². The second-order valence-corrected chi connectivity index (χ2v) is 5.75. The van der Waals surface area contributed by atoms with E-state index < -0.39 is 6.63 Å². The molecule has 0 amide bonds. The summed E-state index contributed by atoms with van der Waals surface area (Å²) in [6.07, 6.45) is 2.08. The molecule has 0 bridgehead atoms. The molecule has 0 radical (unpaired) electrons. The van der Waals surface area contributed by atoms with Gasteiger partial charge in [0.25, 0.3) is 0 Å². The SMILES string of the molecule is CCCCO/C(Cl)=C\P(Cl)Cl. The zero-order valence-corrected chi connectivity index (χ0v) is 9.35. The second kappa shape index (κ2) is 7.49. The summed E-state index contributed by atoms with van der Waals surface area (Å²) < 4.78 is 5.07. The lowest BCUT2D eigenvalue weighted by molar-refractivity contribution is 0.231. The maximum Gasteiger partial charge on any atom is 0.189 e. The van der Waals surface area contributed by atoms with Gasteiger partial charge in [0.1, 0.15) is 6.63 Å². The lowest BCUT2D eigenvalue weighted by Crippen LogP contribution is -1.88. The van der Waals surface area contributed by atoms with Gasteiger partial charge in [-0.05, 0) is 18.0 Å². The van der Waals surface area contributed by atoms with Gasteiger partial charge < -0.3 is 4.74 Å². The van der Waals surface area contributed by atoms with Gasteiger partial charge in [-0.25, -0.2) is 0 Å². The van der Waals surface area contributed by atoms with E-state index in [1.54, 1.807) is 0 Å². The quantitative estimate of drug-likeness (QED) is 0.383. The molecule has 0 aliphatic carbocycles. The minimum absolute atomic E-state index is 0.301. The first-order valence-corrected chi connectivity index (χ1v) is 6.87. The highest BCUT2D eigenvalue weighted by Gasteiger charge is 1.97. The third kappa shape index (κ3) is 8.75. The zero-order valence-electron chi connectivity index (χ0n) is 6.19. The molecule has 0 aromatic heterocycles. The van der Waals surface area contributed by atoms with Crippen molar-refractivity contribution in [3.8, 4) is 0 Å². The van der Waals surface area contributed by atoms with Gasteiger partial charge in [-0.3, -0.25) is 0 Å². The van der Waals surface area contributed by atoms with Crippen LogP contribution < -0.4 is 0 Å². The molecule has 0 aromatic rings. The number of rotatable bonds is 5. The van der Waals surface area contributed by atoms with Crippen LogP contribution in [0.25, 0.3) is 0 Å². The van der Waals surface area contributed by atoms with Crippen molar-refractivity contribution >= 4 is 40.7 Å². The van der Waals surface area contributed by atoms with Crippen LogP contribution in [-0.4, -0.2) is 6.61 Å². The maximum absolute atomic E-state index is 5.60. The summed E-state index contributed by atoms with van der Waals surface area (Å²) in [7, 11) is 0. The highest BCUT2D eigenvalue weighted by atomic mass is 35.9.